The number of rotatable bonds is 6. The number of benzene rings is 1. The van der Waals surface area contributed by atoms with E-state index in [1.54, 1.807) is 24.3 Å². The molecule has 120 valence electrons. The van der Waals surface area contributed by atoms with Crippen molar-refractivity contribution in [2.75, 3.05) is 7.11 Å². The highest BCUT2D eigenvalue weighted by Crippen LogP contribution is 2.21. The lowest BCUT2D eigenvalue weighted by molar-refractivity contribution is -0.145. The van der Waals surface area contributed by atoms with E-state index in [2.05, 4.69) is 5.32 Å². The molecule has 0 aliphatic heterocycles. The Labute approximate surface area is 140 Å². The Morgan fingerprint density at radius 2 is 2.00 bits per heavy atom. The standard InChI is InChI=1S/C16H19Cl2NO3/c1-10(2)8-14(16(21)22-3)19-15(20)7-5-11-4-6-12(17)9-13(11)18/h4-7,9-10,14H,8H2,1-3H3,(H,19,20)/b7-5+/t14-/m1/s1. The van der Waals surface area contributed by atoms with Gasteiger partial charge in [-0.25, -0.2) is 4.79 Å². The Morgan fingerprint density at radius 3 is 2.55 bits per heavy atom. The van der Waals surface area contributed by atoms with Gasteiger partial charge in [-0.05, 0) is 36.1 Å². The summed E-state index contributed by atoms with van der Waals surface area (Å²) in [6, 6.07) is 4.32. The highest BCUT2D eigenvalue weighted by atomic mass is 35.5. The smallest absolute Gasteiger partial charge is 0.328 e. The van der Waals surface area contributed by atoms with E-state index < -0.39 is 12.0 Å². The summed E-state index contributed by atoms with van der Waals surface area (Å²) in [5.41, 5.74) is 0.666. The Kier molecular flexibility index (Phi) is 7.42. The van der Waals surface area contributed by atoms with E-state index in [0.717, 1.165) is 0 Å². The summed E-state index contributed by atoms with van der Waals surface area (Å²) in [6.45, 7) is 3.93. The van der Waals surface area contributed by atoms with Crippen molar-refractivity contribution >= 4 is 41.2 Å². The number of hydrogen-bond donors (Lipinski definition) is 1. The molecule has 1 amide bonds. The molecule has 0 aliphatic carbocycles. The van der Waals surface area contributed by atoms with Gasteiger partial charge in [0, 0.05) is 16.1 Å². The van der Waals surface area contributed by atoms with Crippen LogP contribution >= 0.6 is 23.2 Å². The Bertz CT molecular complexity index is 571. The minimum Gasteiger partial charge on any atom is -0.467 e. The van der Waals surface area contributed by atoms with Crippen LogP contribution in [0.1, 0.15) is 25.8 Å². The maximum atomic E-state index is 11.9. The first-order valence-corrected chi connectivity index (χ1v) is 7.60. The summed E-state index contributed by atoms with van der Waals surface area (Å²) in [5, 5.41) is 3.60. The van der Waals surface area contributed by atoms with Gasteiger partial charge in [0.05, 0.1) is 7.11 Å². The second kappa shape index (κ2) is 8.81. The second-order valence-corrected chi connectivity index (χ2v) is 6.06. The largest absolute Gasteiger partial charge is 0.467 e. The van der Waals surface area contributed by atoms with Gasteiger partial charge in [-0.1, -0.05) is 43.1 Å². The SMILES string of the molecule is COC(=O)[C@@H](CC(C)C)NC(=O)/C=C/c1ccc(Cl)cc1Cl. The van der Waals surface area contributed by atoms with Crippen molar-refractivity contribution in [3.05, 3.63) is 39.9 Å². The molecule has 4 nitrogen and oxygen atoms in total. The molecule has 1 atom stereocenters. The number of methoxy groups -OCH3 is 1. The van der Waals surface area contributed by atoms with Gasteiger partial charge in [-0.3, -0.25) is 4.79 Å². The first-order chi connectivity index (χ1) is 10.3. The number of carbonyl (C=O) groups is 2. The molecule has 0 saturated heterocycles. The Hall–Kier alpha value is -1.52. The van der Waals surface area contributed by atoms with Gasteiger partial charge in [0.2, 0.25) is 5.91 Å². The van der Waals surface area contributed by atoms with Crippen LogP contribution in [0.3, 0.4) is 0 Å². The quantitative estimate of drug-likeness (QED) is 0.632. The molecule has 1 rings (SSSR count). The predicted molar refractivity (Wildman–Crippen MR) is 88.9 cm³/mol. The summed E-state index contributed by atoms with van der Waals surface area (Å²) in [4.78, 5) is 23.6. The molecule has 1 aromatic carbocycles. The molecule has 0 unspecified atom stereocenters. The Balaban J connectivity index is 2.74. The van der Waals surface area contributed by atoms with Crippen molar-refractivity contribution in [2.45, 2.75) is 26.3 Å². The molecule has 0 bridgehead atoms. The first-order valence-electron chi connectivity index (χ1n) is 6.85. The van der Waals surface area contributed by atoms with E-state index in [4.69, 9.17) is 27.9 Å². The lowest BCUT2D eigenvalue weighted by Gasteiger charge is -2.17. The summed E-state index contributed by atoms with van der Waals surface area (Å²) in [6.07, 6.45) is 3.40. The van der Waals surface area contributed by atoms with Crippen LogP contribution in [0.4, 0.5) is 0 Å². The van der Waals surface area contributed by atoms with Crippen molar-refractivity contribution in [2.24, 2.45) is 5.92 Å². The maximum absolute atomic E-state index is 11.9. The highest BCUT2D eigenvalue weighted by molar-refractivity contribution is 6.35. The van der Waals surface area contributed by atoms with Crippen LogP contribution in [0.25, 0.3) is 6.08 Å². The average molecular weight is 344 g/mol. The summed E-state index contributed by atoms with van der Waals surface area (Å²) in [5.74, 6) is -0.596. The molecule has 0 radical (unpaired) electrons. The van der Waals surface area contributed by atoms with Crippen molar-refractivity contribution in [3.8, 4) is 0 Å². The van der Waals surface area contributed by atoms with Crippen LogP contribution in [0, 0.1) is 5.92 Å². The van der Waals surface area contributed by atoms with Crippen LogP contribution in [0.2, 0.25) is 10.0 Å². The number of nitrogens with one attached hydrogen (secondary N) is 1. The van der Waals surface area contributed by atoms with Gasteiger partial charge in [-0.15, -0.1) is 0 Å². The molecular formula is C16H19Cl2NO3. The fourth-order valence-corrected chi connectivity index (χ4v) is 2.32. The first kappa shape index (κ1) is 18.5. The molecule has 1 aromatic rings. The number of esters is 1. The van der Waals surface area contributed by atoms with Crippen molar-refractivity contribution < 1.29 is 14.3 Å². The number of halogens is 2. The predicted octanol–water partition coefficient (Wildman–Crippen LogP) is 3.71. The lowest BCUT2D eigenvalue weighted by atomic mass is 10.0. The van der Waals surface area contributed by atoms with Crippen molar-refractivity contribution in [1.29, 1.82) is 0 Å². The van der Waals surface area contributed by atoms with Gasteiger partial charge in [0.15, 0.2) is 0 Å². The average Bonchev–Trinajstić information content (AvgIpc) is 2.44. The van der Waals surface area contributed by atoms with Crippen LogP contribution in [-0.2, 0) is 14.3 Å². The molecule has 0 aliphatic rings. The number of carbonyl (C=O) groups excluding carboxylic acids is 2. The third-order valence-corrected chi connectivity index (χ3v) is 3.45. The minimum atomic E-state index is -0.664. The third-order valence-electron chi connectivity index (χ3n) is 2.89. The Morgan fingerprint density at radius 1 is 1.32 bits per heavy atom. The van der Waals surface area contributed by atoms with Crippen LogP contribution < -0.4 is 5.32 Å². The third kappa shape index (κ3) is 6.08. The molecule has 0 heterocycles. The van der Waals surface area contributed by atoms with Gasteiger partial charge in [-0.2, -0.15) is 0 Å². The molecule has 0 aromatic heterocycles. The zero-order valence-electron chi connectivity index (χ0n) is 12.7. The van der Waals surface area contributed by atoms with Crippen LogP contribution in [-0.4, -0.2) is 25.0 Å². The number of amides is 1. The topological polar surface area (TPSA) is 55.4 Å². The molecule has 1 N–H and O–H groups in total. The van der Waals surface area contributed by atoms with E-state index in [0.29, 0.717) is 22.0 Å². The lowest BCUT2D eigenvalue weighted by Crippen LogP contribution is -2.41. The normalized spacial score (nSPS) is 12.5. The van der Waals surface area contributed by atoms with Crippen molar-refractivity contribution in [3.63, 3.8) is 0 Å². The molecule has 22 heavy (non-hydrogen) atoms. The molecule has 0 fully saturated rings. The molecule has 6 heteroatoms. The summed E-state index contributed by atoms with van der Waals surface area (Å²) < 4.78 is 4.70. The molecule has 0 saturated carbocycles. The van der Waals surface area contributed by atoms with Gasteiger partial charge in [0.25, 0.3) is 0 Å². The fourth-order valence-electron chi connectivity index (χ4n) is 1.85. The maximum Gasteiger partial charge on any atom is 0.328 e. The van der Waals surface area contributed by atoms with Gasteiger partial charge < -0.3 is 10.1 Å². The molecular weight excluding hydrogens is 325 g/mol. The monoisotopic (exact) mass is 343 g/mol. The van der Waals surface area contributed by atoms with E-state index in [1.807, 2.05) is 13.8 Å². The fraction of sp³-hybridized carbons (Fsp3) is 0.375. The van der Waals surface area contributed by atoms with Crippen LogP contribution in [0.15, 0.2) is 24.3 Å². The van der Waals surface area contributed by atoms with E-state index >= 15 is 0 Å². The number of hydrogen-bond acceptors (Lipinski definition) is 3. The summed E-state index contributed by atoms with van der Waals surface area (Å²) in [7, 11) is 1.30. The molecule has 0 spiro atoms. The highest BCUT2D eigenvalue weighted by Gasteiger charge is 2.21. The van der Waals surface area contributed by atoms with Gasteiger partial charge in [0.1, 0.15) is 6.04 Å². The minimum absolute atomic E-state index is 0.249. The zero-order chi connectivity index (χ0) is 16.7. The van der Waals surface area contributed by atoms with Crippen molar-refractivity contribution in [1.82, 2.24) is 5.32 Å². The summed E-state index contributed by atoms with van der Waals surface area (Å²) >= 11 is 11.8. The van der Waals surface area contributed by atoms with E-state index in [-0.39, 0.29) is 11.8 Å². The zero-order valence-corrected chi connectivity index (χ0v) is 14.2. The second-order valence-electron chi connectivity index (χ2n) is 5.21. The van der Waals surface area contributed by atoms with E-state index in [9.17, 15) is 9.59 Å². The number of ether oxygens (including phenoxy) is 1. The van der Waals surface area contributed by atoms with Crippen LogP contribution in [0.5, 0.6) is 0 Å². The van der Waals surface area contributed by atoms with E-state index in [1.165, 1.54) is 13.2 Å². The van der Waals surface area contributed by atoms with Gasteiger partial charge >= 0.3 is 5.97 Å².